The summed E-state index contributed by atoms with van der Waals surface area (Å²) in [7, 11) is 0. The minimum atomic E-state index is -0.229. The molecule has 0 unspecified atom stereocenters. The molecule has 0 atom stereocenters. The molecule has 1 aromatic rings. The molecule has 1 aromatic carbocycles. The first kappa shape index (κ1) is 12.5. The molecular weight excluding hydrogens is 334 g/mol. The van der Waals surface area contributed by atoms with Crippen molar-refractivity contribution in [2.24, 2.45) is 5.92 Å². The quantitative estimate of drug-likeness (QED) is 0.709. The topological polar surface area (TPSA) is 0 Å². The molecule has 0 spiro atoms. The first-order valence-electron chi connectivity index (χ1n) is 4.23. The fraction of sp³-hybridized carbons (Fsp3) is 0.400. The summed E-state index contributed by atoms with van der Waals surface area (Å²) >= 11 is 12.8. The molecule has 0 aliphatic heterocycles. The zero-order valence-corrected chi connectivity index (χ0v) is 11.4. The van der Waals surface area contributed by atoms with Crippen LogP contribution in [-0.2, 0) is 6.42 Å². The molecule has 1 rings (SSSR count). The normalized spacial score (nSPS) is 10.9. The van der Waals surface area contributed by atoms with Gasteiger partial charge in [0.1, 0.15) is 5.82 Å². The first-order chi connectivity index (χ1) is 6.67. The van der Waals surface area contributed by atoms with Crippen LogP contribution < -0.4 is 0 Å². The minimum Gasteiger partial charge on any atom is -0.207 e. The molecule has 0 saturated carbocycles. The van der Waals surface area contributed by atoms with Crippen molar-refractivity contribution < 1.29 is 4.39 Å². The smallest absolute Gasteiger partial charge is 0.123 e. The van der Waals surface area contributed by atoms with E-state index in [1.54, 1.807) is 6.07 Å². The van der Waals surface area contributed by atoms with Gasteiger partial charge in [-0.2, -0.15) is 0 Å². The van der Waals surface area contributed by atoms with Gasteiger partial charge in [0.15, 0.2) is 0 Å². The van der Waals surface area contributed by atoms with E-state index in [1.807, 2.05) is 0 Å². The predicted molar refractivity (Wildman–Crippen MR) is 66.2 cm³/mol. The lowest BCUT2D eigenvalue weighted by molar-refractivity contribution is 0.618. The summed E-state index contributed by atoms with van der Waals surface area (Å²) in [4.78, 5) is 0. The Kier molecular flexibility index (Phi) is 5.42. The Morgan fingerprint density at radius 1 is 1.29 bits per heavy atom. The van der Waals surface area contributed by atoms with Gasteiger partial charge in [0.05, 0.1) is 0 Å². The summed E-state index contributed by atoms with van der Waals surface area (Å²) in [6, 6.07) is 4.48. The third-order valence-electron chi connectivity index (χ3n) is 1.95. The van der Waals surface area contributed by atoms with Crippen molar-refractivity contribution in [3.8, 4) is 0 Å². The van der Waals surface area contributed by atoms with Crippen LogP contribution in [0, 0.1) is 11.7 Å². The van der Waals surface area contributed by atoms with E-state index >= 15 is 0 Å². The van der Waals surface area contributed by atoms with Crippen LogP contribution in [0.25, 0.3) is 0 Å². The fourth-order valence-corrected chi connectivity index (χ4v) is 2.89. The number of rotatable bonds is 4. The maximum Gasteiger partial charge on any atom is 0.123 e. The Balaban J connectivity index is 2.79. The highest BCUT2D eigenvalue weighted by Gasteiger charge is 2.09. The van der Waals surface area contributed by atoms with E-state index in [9.17, 15) is 4.39 Å². The van der Waals surface area contributed by atoms with Crippen LogP contribution in [0.4, 0.5) is 4.39 Å². The van der Waals surface area contributed by atoms with Gasteiger partial charge < -0.3 is 0 Å². The van der Waals surface area contributed by atoms with Crippen LogP contribution in [0.1, 0.15) is 5.56 Å². The average molecular weight is 344 g/mol. The van der Waals surface area contributed by atoms with Crippen molar-refractivity contribution >= 4 is 43.5 Å². The van der Waals surface area contributed by atoms with E-state index in [2.05, 4.69) is 31.9 Å². The highest BCUT2D eigenvalue weighted by molar-refractivity contribution is 9.09. The van der Waals surface area contributed by atoms with Crippen LogP contribution in [0.2, 0.25) is 5.02 Å². The van der Waals surface area contributed by atoms with Crippen molar-refractivity contribution in [2.45, 2.75) is 6.42 Å². The van der Waals surface area contributed by atoms with Gasteiger partial charge in [0.25, 0.3) is 0 Å². The predicted octanol–water partition coefficient (Wildman–Crippen LogP) is 4.43. The fourth-order valence-electron chi connectivity index (χ4n) is 1.16. The number of benzene rings is 1. The van der Waals surface area contributed by atoms with Crippen LogP contribution in [0.5, 0.6) is 0 Å². The summed E-state index contributed by atoms with van der Waals surface area (Å²) in [5, 5.41) is 2.40. The summed E-state index contributed by atoms with van der Waals surface area (Å²) in [5.74, 6) is 0.210. The molecule has 4 heteroatoms. The van der Waals surface area contributed by atoms with Gasteiger partial charge in [-0.15, -0.1) is 0 Å². The molecule has 0 nitrogen and oxygen atoms in total. The van der Waals surface area contributed by atoms with Gasteiger partial charge in [-0.1, -0.05) is 43.5 Å². The minimum absolute atomic E-state index is 0.229. The molecule has 0 bridgehead atoms. The molecule has 0 fully saturated rings. The van der Waals surface area contributed by atoms with Crippen LogP contribution in [-0.4, -0.2) is 10.7 Å². The van der Waals surface area contributed by atoms with Crippen molar-refractivity contribution in [2.75, 3.05) is 10.7 Å². The van der Waals surface area contributed by atoms with Crippen LogP contribution in [0.3, 0.4) is 0 Å². The second-order valence-electron chi connectivity index (χ2n) is 3.11. The molecular formula is C10H10Br2ClF. The molecule has 78 valence electrons. The van der Waals surface area contributed by atoms with E-state index in [4.69, 9.17) is 11.6 Å². The maximum atomic E-state index is 12.9. The summed E-state index contributed by atoms with van der Waals surface area (Å²) in [5.41, 5.74) is 0.871. The number of halogens is 4. The third kappa shape index (κ3) is 3.52. The molecule has 0 N–H and O–H groups in total. The number of hydrogen-bond acceptors (Lipinski definition) is 0. The lowest BCUT2D eigenvalue weighted by Crippen LogP contribution is -2.08. The van der Waals surface area contributed by atoms with E-state index in [0.717, 1.165) is 22.6 Å². The number of alkyl halides is 2. The lowest BCUT2D eigenvalue weighted by atomic mass is 10.0. The highest BCUT2D eigenvalue weighted by Crippen LogP contribution is 2.22. The molecule has 0 radical (unpaired) electrons. The Bertz CT molecular complexity index is 300. The van der Waals surface area contributed by atoms with Crippen LogP contribution in [0.15, 0.2) is 18.2 Å². The Labute approximate surface area is 105 Å². The van der Waals surface area contributed by atoms with E-state index in [0.29, 0.717) is 10.9 Å². The second-order valence-corrected chi connectivity index (χ2v) is 4.82. The Hall–Kier alpha value is 0.400. The second kappa shape index (κ2) is 6.09. The van der Waals surface area contributed by atoms with Crippen molar-refractivity contribution in [3.05, 3.63) is 34.6 Å². The van der Waals surface area contributed by atoms with Gasteiger partial charge in [0.2, 0.25) is 0 Å². The monoisotopic (exact) mass is 342 g/mol. The van der Waals surface area contributed by atoms with Gasteiger partial charge in [-0.05, 0) is 36.1 Å². The molecule has 0 aliphatic rings. The highest BCUT2D eigenvalue weighted by atomic mass is 79.9. The zero-order chi connectivity index (χ0) is 10.6. The van der Waals surface area contributed by atoms with Gasteiger partial charge in [0, 0.05) is 15.7 Å². The number of hydrogen-bond donors (Lipinski definition) is 0. The molecule has 0 heterocycles. The molecule has 14 heavy (non-hydrogen) atoms. The Morgan fingerprint density at radius 3 is 2.50 bits per heavy atom. The summed E-state index contributed by atoms with van der Waals surface area (Å²) in [6.07, 6.45) is 0.785. The average Bonchev–Trinajstić information content (AvgIpc) is 2.19. The van der Waals surface area contributed by atoms with Crippen molar-refractivity contribution in [3.63, 3.8) is 0 Å². The molecule has 0 aromatic heterocycles. The third-order valence-corrected chi connectivity index (χ3v) is 4.15. The van der Waals surface area contributed by atoms with E-state index in [1.165, 1.54) is 12.1 Å². The lowest BCUT2D eigenvalue weighted by Gasteiger charge is -2.11. The first-order valence-corrected chi connectivity index (χ1v) is 6.85. The van der Waals surface area contributed by atoms with Crippen molar-refractivity contribution in [1.29, 1.82) is 0 Å². The van der Waals surface area contributed by atoms with E-state index in [-0.39, 0.29) is 5.82 Å². The zero-order valence-electron chi connectivity index (χ0n) is 7.44. The summed E-state index contributed by atoms with van der Waals surface area (Å²) < 4.78 is 12.9. The largest absolute Gasteiger partial charge is 0.207 e. The van der Waals surface area contributed by atoms with Gasteiger partial charge in [-0.25, -0.2) is 4.39 Å². The van der Waals surface area contributed by atoms with E-state index < -0.39 is 0 Å². The van der Waals surface area contributed by atoms with Crippen LogP contribution >= 0.6 is 43.5 Å². The maximum absolute atomic E-state index is 12.9. The van der Waals surface area contributed by atoms with Crippen molar-refractivity contribution in [1.82, 2.24) is 0 Å². The van der Waals surface area contributed by atoms with Gasteiger partial charge in [-0.3, -0.25) is 0 Å². The van der Waals surface area contributed by atoms with Gasteiger partial charge >= 0.3 is 0 Å². The Morgan fingerprint density at radius 2 is 1.93 bits per heavy atom. The summed E-state index contributed by atoms with van der Waals surface area (Å²) in [6.45, 7) is 0. The standard InChI is InChI=1S/C10H10Br2ClF/c11-5-7(6-12)3-8-4-9(14)1-2-10(8)13/h1-2,4,7H,3,5-6H2. The molecule has 0 amide bonds. The molecule has 0 aliphatic carbocycles. The SMILES string of the molecule is Fc1ccc(Cl)c(CC(CBr)CBr)c1. The molecule has 0 saturated heterocycles.